The Morgan fingerprint density at radius 2 is 2.24 bits per heavy atom. The van der Waals surface area contributed by atoms with Crippen molar-refractivity contribution in [3.8, 4) is 0 Å². The Kier molecular flexibility index (Phi) is 3.19. The van der Waals surface area contributed by atoms with Crippen LogP contribution < -0.4 is 5.73 Å². The summed E-state index contributed by atoms with van der Waals surface area (Å²) in [6, 6.07) is 4.53. The van der Waals surface area contributed by atoms with E-state index in [1.807, 2.05) is 0 Å². The summed E-state index contributed by atoms with van der Waals surface area (Å²) in [7, 11) is 0. The number of hydrogen-bond acceptors (Lipinski definition) is 3. The van der Waals surface area contributed by atoms with E-state index < -0.39 is 5.97 Å². The van der Waals surface area contributed by atoms with E-state index >= 15 is 0 Å². The van der Waals surface area contributed by atoms with Gasteiger partial charge >= 0.3 is 5.97 Å². The highest BCUT2D eigenvalue weighted by Crippen LogP contribution is 2.33. The second kappa shape index (κ2) is 4.63. The summed E-state index contributed by atoms with van der Waals surface area (Å²) < 4.78 is 12.8. The van der Waals surface area contributed by atoms with Gasteiger partial charge in [0.25, 0.3) is 0 Å². The first-order valence-electron chi connectivity index (χ1n) is 4.91. The van der Waals surface area contributed by atoms with Gasteiger partial charge in [0.2, 0.25) is 0 Å². The van der Waals surface area contributed by atoms with Gasteiger partial charge in [0.1, 0.15) is 5.83 Å². The molecule has 0 radical (unpaired) electrons. The maximum Gasteiger partial charge on any atom is 0.335 e. The van der Waals surface area contributed by atoms with E-state index in [0.29, 0.717) is 5.69 Å². The van der Waals surface area contributed by atoms with Gasteiger partial charge in [-0.1, -0.05) is 6.08 Å². The first-order chi connectivity index (χ1) is 8.06. The molecule has 0 amide bonds. The zero-order chi connectivity index (χ0) is 12.4. The first kappa shape index (κ1) is 11.7. The van der Waals surface area contributed by atoms with Gasteiger partial charge in [0.05, 0.1) is 5.56 Å². The third-order valence-electron chi connectivity index (χ3n) is 2.29. The largest absolute Gasteiger partial charge is 0.478 e. The van der Waals surface area contributed by atoms with Crippen molar-refractivity contribution in [3.63, 3.8) is 0 Å². The molecule has 0 saturated heterocycles. The molecule has 0 spiro atoms. The molecule has 0 aromatic heterocycles. The Morgan fingerprint density at radius 1 is 1.47 bits per heavy atom. The number of allylic oxidation sites excluding steroid dienone is 2. The molecule has 0 bridgehead atoms. The van der Waals surface area contributed by atoms with Gasteiger partial charge < -0.3 is 10.8 Å². The van der Waals surface area contributed by atoms with Crippen LogP contribution >= 0.6 is 11.8 Å². The summed E-state index contributed by atoms with van der Waals surface area (Å²) in [6.45, 7) is 0. The van der Waals surface area contributed by atoms with Crippen molar-refractivity contribution in [2.75, 3.05) is 5.73 Å². The molecule has 0 saturated carbocycles. The van der Waals surface area contributed by atoms with Crippen LogP contribution in [0.1, 0.15) is 10.4 Å². The van der Waals surface area contributed by atoms with Crippen LogP contribution in [0, 0.1) is 0 Å². The number of rotatable bonds is 3. The number of aromatic carboxylic acids is 1. The number of anilines is 1. The van der Waals surface area contributed by atoms with E-state index in [4.69, 9.17) is 10.8 Å². The Hall–Kier alpha value is -1.75. The highest BCUT2D eigenvalue weighted by atomic mass is 32.2. The van der Waals surface area contributed by atoms with E-state index in [0.717, 1.165) is 4.90 Å². The quantitative estimate of drug-likeness (QED) is 0.811. The fourth-order valence-corrected chi connectivity index (χ4v) is 2.45. The van der Waals surface area contributed by atoms with Crippen LogP contribution in [0.2, 0.25) is 0 Å². The van der Waals surface area contributed by atoms with Crippen LogP contribution in [0.15, 0.2) is 47.1 Å². The number of carbonyl (C=O) groups is 1. The van der Waals surface area contributed by atoms with E-state index in [9.17, 15) is 9.18 Å². The third kappa shape index (κ3) is 2.68. The van der Waals surface area contributed by atoms with Crippen LogP contribution in [0.25, 0.3) is 0 Å². The fraction of sp³-hybridized carbons (Fsp3) is 0.0833. The summed E-state index contributed by atoms with van der Waals surface area (Å²) in [5.41, 5.74) is 6.29. The molecule has 3 N–H and O–H groups in total. The maximum absolute atomic E-state index is 12.8. The molecule has 1 unspecified atom stereocenters. The van der Waals surface area contributed by atoms with E-state index in [2.05, 4.69) is 0 Å². The lowest BCUT2D eigenvalue weighted by Gasteiger charge is -2.08. The lowest BCUT2D eigenvalue weighted by molar-refractivity contribution is 0.0697. The number of nitrogens with two attached hydrogens (primary N) is 1. The highest BCUT2D eigenvalue weighted by Gasteiger charge is 2.13. The van der Waals surface area contributed by atoms with Crippen molar-refractivity contribution in [2.24, 2.45) is 0 Å². The van der Waals surface area contributed by atoms with Gasteiger partial charge in [-0.2, -0.15) is 0 Å². The third-order valence-corrected chi connectivity index (χ3v) is 3.48. The van der Waals surface area contributed by atoms with Crippen LogP contribution in [-0.4, -0.2) is 16.3 Å². The van der Waals surface area contributed by atoms with Crippen molar-refractivity contribution >= 4 is 23.4 Å². The second-order valence-corrected chi connectivity index (χ2v) is 4.77. The molecule has 1 aromatic carbocycles. The topological polar surface area (TPSA) is 63.3 Å². The number of carboxylic acid groups (broad SMARTS) is 1. The number of halogens is 1. The number of benzene rings is 1. The summed E-state index contributed by atoms with van der Waals surface area (Å²) >= 11 is 1.38. The maximum atomic E-state index is 12.8. The van der Waals surface area contributed by atoms with Gasteiger partial charge in [-0.05, 0) is 30.4 Å². The number of hydrogen-bond donors (Lipinski definition) is 2. The minimum atomic E-state index is -1.01. The Balaban J connectivity index is 2.17. The van der Waals surface area contributed by atoms with Crippen molar-refractivity contribution in [3.05, 3.63) is 47.8 Å². The van der Waals surface area contributed by atoms with Gasteiger partial charge in [0, 0.05) is 15.8 Å². The zero-order valence-electron chi connectivity index (χ0n) is 8.76. The Morgan fingerprint density at radius 3 is 2.76 bits per heavy atom. The van der Waals surface area contributed by atoms with Crippen molar-refractivity contribution in [2.45, 2.75) is 10.1 Å². The second-order valence-electron chi connectivity index (χ2n) is 3.55. The lowest BCUT2D eigenvalue weighted by Crippen LogP contribution is -2.00. The Labute approximate surface area is 102 Å². The molecule has 88 valence electrons. The monoisotopic (exact) mass is 251 g/mol. The Bertz CT molecular complexity index is 525. The molecule has 5 heteroatoms. The smallest absolute Gasteiger partial charge is 0.335 e. The minimum Gasteiger partial charge on any atom is -0.478 e. The molecule has 0 heterocycles. The molecular formula is C12H10FNO2S. The van der Waals surface area contributed by atoms with E-state index in [1.54, 1.807) is 12.1 Å². The molecule has 1 aromatic rings. The molecule has 3 nitrogen and oxygen atoms in total. The molecule has 1 aliphatic rings. The van der Waals surface area contributed by atoms with Gasteiger partial charge in [0.15, 0.2) is 0 Å². The van der Waals surface area contributed by atoms with E-state index in [1.165, 1.54) is 36.0 Å². The standard InChI is InChI=1S/C12H10FNO2S/c13-8-2-3-9(6-8)17-11-4-1-7(12(15)16)5-10(11)14/h1-6,9H,14H2,(H,15,16). The van der Waals surface area contributed by atoms with E-state index in [-0.39, 0.29) is 16.6 Å². The summed E-state index contributed by atoms with van der Waals surface area (Å²) in [4.78, 5) is 11.5. The molecule has 0 aliphatic heterocycles. The average Bonchev–Trinajstić information content (AvgIpc) is 2.67. The van der Waals surface area contributed by atoms with Gasteiger partial charge in [-0.3, -0.25) is 0 Å². The summed E-state index contributed by atoms with van der Waals surface area (Å²) in [6.07, 6.45) is 4.61. The predicted molar refractivity (Wildman–Crippen MR) is 65.8 cm³/mol. The number of carboxylic acids is 1. The molecular weight excluding hydrogens is 241 g/mol. The number of thioether (sulfide) groups is 1. The zero-order valence-corrected chi connectivity index (χ0v) is 9.58. The van der Waals surface area contributed by atoms with Crippen molar-refractivity contribution < 1.29 is 14.3 Å². The first-order valence-corrected chi connectivity index (χ1v) is 5.79. The minimum absolute atomic E-state index is 0.0898. The van der Waals surface area contributed by atoms with Crippen LogP contribution in [-0.2, 0) is 0 Å². The molecule has 1 aliphatic carbocycles. The molecule has 17 heavy (non-hydrogen) atoms. The summed E-state index contributed by atoms with van der Waals surface area (Å²) in [5.74, 6) is -1.27. The molecule has 0 fully saturated rings. The van der Waals surface area contributed by atoms with Gasteiger partial charge in [-0.15, -0.1) is 11.8 Å². The SMILES string of the molecule is Nc1cc(C(=O)O)ccc1SC1C=CC(F)=C1. The highest BCUT2D eigenvalue weighted by molar-refractivity contribution is 8.00. The predicted octanol–water partition coefficient (Wildman–Crippen LogP) is 2.85. The van der Waals surface area contributed by atoms with Crippen LogP contribution in [0.4, 0.5) is 10.1 Å². The van der Waals surface area contributed by atoms with Crippen LogP contribution in [0.5, 0.6) is 0 Å². The molecule has 1 atom stereocenters. The number of nitrogen functional groups attached to an aromatic ring is 1. The average molecular weight is 251 g/mol. The summed E-state index contributed by atoms with van der Waals surface area (Å²) in [5, 5.41) is 8.70. The van der Waals surface area contributed by atoms with Crippen molar-refractivity contribution in [1.82, 2.24) is 0 Å². The fourth-order valence-electron chi connectivity index (χ4n) is 1.46. The van der Waals surface area contributed by atoms with Crippen LogP contribution in [0.3, 0.4) is 0 Å². The molecule has 2 rings (SSSR count). The van der Waals surface area contributed by atoms with Gasteiger partial charge in [-0.25, -0.2) is 9.18 Å². The normalized spacial score (nSPS) is 18.2. The van der Waals surface area contributed by atoms with Crippen molar-refractivity contribution in [1.29, 1.82) is 0 Å². The lowest BCUT2D eigenvalue weighted by atomic mass is 10.2.